The minimum Gasteiger partial charge on any atom is -0.423 e. The summed E-state index contributed by atoms with van der Waals surface area (Å²) in [6.45, 7) is 4.23. The standard InChI is InChI=1S/C23H21ClN6O2/c1-14-2-5-19(30-25-7-8-26-30)17(10-14)22(31)28-9-6-15-12-29(20(15)13-28)23-27-18-4-3-16(24)11-21(18)32-23/h2-5,7-8,10-11,15,20H,6,9,12-13H2,1H3. The van der Waals surface area contributed by atoms with Gasteiger partial charge in [-0.1, -0.05) is 23.2 Å². The molecule has 2 unspecified atom stereocenters. The molecule has 0 N–H and O–H groups in total. The third kappa shape index (κ3) is 3.14. The van der Waals surface area contributed by atoms with Gasteiger partial charge in [0.1, 0.15) is 5.52 Å². The first-order valence-corrected chi connectivity index (χ1v) is 11.0. The lowest BCUT2D eigenvalue weighted by Crippen LogP contribution is -2.65. The van der Waals surface area contributed by atoms with Crippen molar-refractivity contribution in [1.82, 2.24) is 24.9 Å². The molecule has 6 rings (SSSR count). The van der Waals surface area contributed by atoms with Crippen molar-refractivity contribution in [1.29, 1.82) is 0 Å². The Kier molecular flexibility index (Phi) is 4.43. The molecular formula is C23H21ClN6O2. The van der Waals surface area contributed by atoms with Gasteiger partial charge in [-0.25, -0.2) is 0 Å². The summed E-state index contributed by atoms with van der Waals surface area (Å²) in [5.41, 5.74) is 3.79. The highest BCUT2D eigenvalue weighted by Crippen LogP contribution is 2.38. The van der Waals surface area contributed by atoms with Crippen LogP contribution in [0.5, 0.6) is 0 Å². The predicted octanol–water partition coefficient (Wildman–Crippen LogP) is 3.72. The fourth-order valence-electron chi connectivity index (χ4n) is 4.72. The number of aromatic nitrogens is 4. The zero-order chi connectivity index (χ0) is 21.8. The van der Waals surface area contributed by atoms with Crippen molar-refractivity contribution >= 4 is 34.6 Å². The first-order valence-electron chi connectivity index (χ1n) is 10.7. The number of amides is 1. The molecule has 162 valence electrons. The topological polar surface area (TPSA) is 80.3 Å². The van der Waals surface area contributed by atoms with E-state index in [2.05, 4.69) is 20.1 Å². The highest BCUT2D eigenvalue weighted by molar-refractivity contribution is 6.31. The Labute approximate surface area is 189 Å². The van der Waals surface area contributed by atoms with Crippen molar-refractivity contribution in [3.05, 3.63) is 64.9 Å². The molecule has 2 aliphatic heterocycles. The molecule has 2 aliphatic rings. The second-order valence-corrected chi connectivity index (χ2v) is 8.90. The minimum absolute atomic E-state index is 0.00403. The number of hydrogen-bond donors (Lipinski definition) is 0. The third-order valence-electron chi connectivity index (χ3n) is 6.44. The van der Waals surface area contributed by atoms with Gasteiger partial charge >= 0.3 is 0 Å². The largest absolute Gasteiger partial charge is 0.423 e. The Morgan fingerprint density at radius 2 is 1.97 bits per heavy atom. The number of benzene rings is 2. The zero-order valence-corrected chi connectivity index (χ0v) is 18.2. The van der Waals surface area contributed by atoms with E-state index < -0.39 is 0 Å². The fraction of sp³-hybridized carbons (Fsp3) is 0.304. The number of oxazole rings is 1. The van der Waals surface area contributed by atoms with Crippen molar-refractivity contribution in [3.63, 3.8) is 0 Å². The highest BCUT2D eigenvalue weighted by atomic mass is 35.5. The summed E-state index contributed by atoms with van der Waals surface area (Å²) >= 11 is 6.08. The van der Waals surface area contributed by atoms with Crippen LogP contribution in [0.15, 0.2) is 53.2 Å². The summed E-state index contributed by atoms with van der Waals surface area (Å²) in [4.78, 5) is 23.8. The van der Waals surface area contributed by atoms with Gasteiger partial charge in [-0.05, 0) is 37.6 Å². The molecule has 0 aliphatic carbocycles. The van der Waals surface area contributed by atoms with Gasteiger partial charge in [0.25, 0.3) is 11.9 Å². The van der Waals surface area contributed by atoms with E-state index in [-0.39, 0.29) is 11.9 Å². The first kappa shape index (κ1) is 19.3. The zero-order valence-electron chi connectivity index (χ0n) is 17.5. The Balaban J connectivity index is 1.26. The lowest BCUT2D eigenvalue weighted by Gasteiger charge is -2.52. The number of nitrogens with zero attached hydrogens (tertiary/aromatic N) is 6. The Hall–Kier alpha value is -3.39. The van der Waals surface area contributed by atoms with Crippen LogP contribution in [0, 0.1) is 12.8 Å². The average molecular weight is 449 g/mol. The Bertz CT molecular complexity index is 1320. The molecule has 2 saturated heterocycles. The van der Waals surface area contributed by atoms with Crippen molar-refractivity contribution in [3.8, 4) is 5.69 Å². The van der Waals surface area contributed by atoms with Crippen molar-refractivity contribution in [2.24, 2.45) is 5.92 Å². The number of aryl methyl sites for hydroxylation is 1. The van der Waals surface area contributed by atoms with Crippen LogP contribution in [-0.2, 0) is 0 Å². The molecule has 32 heavy (non-hydrogen) atoms. The number of piperidine rings is 1. The van der Waals surface area contributed by atoms with Gasteiger partial charge in [0, 0.05) is 36.6 Å². The van der Waals surface area contributed by atoms with Crippen molar-refractivity contribution in [2.45, 2.75) is 19.4 Å². The number of likely N-dealkylation sites (tertiary alicyclic amines) is 1. The monoisotopic (exact) mass is 448 g/mol. The highest BCUT2D eigenvalue weighted by Gasteiger charge is 2.45. The maximum atomic E-state index is 13.6. The molecule has 4 aromatic rings. The van der Waals surface area contributed by atoms with Crippen molar-refractivity contribution < 1.29 is 9.21 Å². The van der Waals surface area contributed by atoms with E-state index in [1.54, 1.807) is 18.5 Å². The summed E-state index contributed by atoms with van der Waals surface area (Å²) < 4.78 is 5.97. The fourth-order valence-corrected chi connectivity index (χ4v) is 4.88. The van der Waals surface area contributed by atoms with Crippen LogP contribution in [0.1, 0.15) is 22.3 Å². The third-order valence-corrected chi connectivity index (χ3v) is 6.68. The van der Waals surface area contributed by atoms with Crippen LogP contribution in [0.2, 0.25) is 5.02 Å². The van der Waals surface area contributed by atoms with E-state index in [9.17, 15) is 4.79 Å². The Morgan fingerprint density at radius 1 is 1.12 bits per heavy atom. The van der Waals surface area contributed by atoms with E-state index >= 15 is 0 Å². The quantitative estimate of drug-likeness (QED) is 0.475. The molecule has 0 saturated carbocycles. The number of rotatable bonds is 3. The SMILES string of the molecule is Cc1ccc(-n2nccn2)c(C(=O)N2CCC3CN(c4nc5ccc(Cl)cc5o4)C3C2)c1. The molecule has 2 atom stereocenters. The average Bonchev–Trinajstić information content (AvgIpc) is 3.44. The summed E-state index contributed by atoms with van der Waals surface area (Å²) in [6, 6.07) is 12.0. The lowest BCUT2D eigenvalue weighted by molar-refractivity contribution is 0.0583. The van der Waals surface area contributed by atoms with Gasteiger partial charge in [0.05, 0.1) is 29.7 Å². The Morgan fingerprint density at radius 3 is 2.81 bits per heavy atom. The van der Waals surface area contributed by atoms with E-state index in [1.807, 2.05) is 42.2 Å². The molecular weight excluding hydrogens is 428 g/mol. The van der Waals surface area contributed by atoms with E-state index in [1.165, 1.54) is 4.80 Å². The van der Waals surface area contributed by atoms with Gasteiger partial charge in [0.2, 0.25) is 0 Å². The van der Waals surface area contributed by atoms with Crippen LogP contribution >= 0.6 is 11.6 Å². The predicted molar refractivity (Wildman–Crippen MR) is 120 cm³/mol. The molecule has 0 radical (unpaired) electrons. The maximum Gasteiger partial charge on any atom is 0.298 e. The molecule has 0 spiro atoms. The summed E-state index contributed by atoms with van der Waals surface area (Å²) in [5, 5.41) is 9.06. The van der Waals surface area contributed by atoms with Crippen LogP contribution < -0.4 is 4.90 Å². The molecule has 9 heteroatoms. The van der Waals surface area contributed by atoms with Gasteiger partial charge in [-0.2, -0.15) is 20.0 Å². The van der Waals surface area contributed by atoms with E-state index in [0.717, 1.165) is 30.6 Å². The number of carbonyl (C=O) groups excluding carboxylic acids is 1. The van der Waals surface area contributed by atoms with E-state index in [4.69, 9.17) is 16.0 Å². The van der Waals surface area contributed by atoms with Gasteiger partial charge in [0.15, 0.2) is 5.58 Å². The number of carbonyl (C=O) groups is 1. The van der Waals surface area contributed by atoms with Gasteiger partial charge in [-0.15, -0.1) is 0 Å². The smallest absolute Gasteiger partial charge is 0.298 e. The molecule has 0 bridgehead atoms. The van der Waals surface area contributed by atoms with Gasteiger partial charge < -0.3 is 14.2 Å². The molecule has 2 aromatic carbocycles. The maximum absolute atomic E-state index is 13.6. The van der Waals surface area contributed by atoms with Gasteiger partial charge in [-0.3, -0.25) is 4.79 Å². The molecule has 8 nitrogen and oxygen atoms in total. The normalized spacial score (nSPS) is 20.3. The second-order valence-electron chi connectivity index (χ2n) is 8.47. The molecule has 2 fully saturated rings. The molecule has 1 amide bonds. The number of fused-ring (bicyclic) bond motifs is 2. The van der Waals surface area contributed by atoms with Crippen LogP contribution in [-0.4, -0.2) is 56.5 Å². The number of hydrogen-bond acceptors (Lipinski definition) is 6. The number of halogens is 1. The van der Waals surface area contributed by atoms with Crippen molar-refractivity contribution in [2.75, 3.05) is 24.5 Å². The molecule has 4 heterocycles. The van der Waals surface area contributed by atoms with Crippen LogP contribution in [0.3, 0.4) is 0 Å². The van der Waals surface area contributed by atoms with Crippen LogP contribution in [0.4, 0.5) is 6.01 Å². The summed E-state index contributed by atoms with van der Waals surface area (Å²) in [5.74, 6) is 0.526. The van der Waals surface area contributed by atoms with E-state index in [0.29, 0.717) is 40.3 Å². The minimum atomic E-state index is -0.00403. The first-order chi connectivity index (χ1) is 15.6. The summed E-state index contributed by atoms with van der Waals surface area (Å²) in [6.07, 6.45) is 4.18. The summed E-state index contributed by atoms with van der Waals surface area (Å²) in [7, 11) is 0. The lowest BCUT2D eigenvalue weighted by atomic mass is 9.82. The second kappa shape index (κ2) is 7.34. The van der Waals surface area contributed by atoms with Crippen LogP contribution in [0.25, 0.3) is 16.8 Å². The number of anilines is 1. The molecule has 2 aromatic heterocycles.